The number of aryl methyl sites for hydroxylation is 1. The number of nitrogens with zero attached hydrogens (tertiary/aromatic N) is 4. The van der Waals surface area contributed by atoms with Crippen LogP contribution in [0.2, 0.25) is 0 Å². The van der Waals surface area contributed by atoms with Gasteiger partial charge in [0.15, 0.2) is 10.8 Å². The van der Waals surface area contributed by atoms with E-state index in [0.29, 0.717) is 22.1 Å². The van der Waals surface area contributed by atoms with Gasteiger partial charge in [0.1, 0.15) is 5.75 Å². The van der Waals surface area contributed by atoms with Gasteiger partial charge in [0.25, 0.3) is 5.91 Å². The maximum atomic E-state index is 12.7. The van der Waals surface area contributed by atoms with Crippen LogP contribution in [0.4, 0.5) is 13.9 Å². The maximum absolute atomic E-state index is 12.7. The molecule has 0 aliphatic carbocycles. The summed E-state index contributed by atoms with van der Waals surface area (Å²) in [7, 11) is 0. The SMILES string of the molecule is Cc1ccc(-n2nnc(C(=O)Nc3nc(-c4ccccc4OC(F)F)cs3)c2C)cc1. The Morgan fingerprint density at radius 3 is 2.61 bits per heavy atom. The number of halogens is 2. The lowest BCUT2D eigenvalue weighted by molar-refractivity contribution is -0.0494. The molecule has 0 unspecified atom stereocenters. The molecule has 158 valence electrons. The lowest BCUT2D eigenvalue weighted by atomic mass is 10.1. The number of thiazole rings is 1. The molecule has 2 aromatic carbocycles. The highest BCUT2D eigenvalue weighted by molar-refractivity contribution is 7.14. The highest BCUT2D eigenvalue weighted by Crippen LogP contribution is 2.33. The van der Waals surface area contributed by atoms with Crippen LogP contribution in [0.25, 0.3) is 16.9 Å². The van der Waals surface area contributed by atoms with E-state index in [2.05, 4.69) is 25.3 Å². The molecule has 4 aromatic rings. The monoisotopic (exact) mass is 441 g/mol. The van der Waals surface area contributed by atoms with Crippen molar-refractivity contribution >= 4 is 22.4 Å². The minimum absolute atomic E-state index is 0.0116. The highest BCUT2D eigenvalue weighted by atomic mass is 32.1. The van der Waals surface area contributed by atoms with Gasteiger partial charge in [-0.1, -0.05) is 35.0 Å². The number of rotatable bonds is 6. The number of aromatic nitrogens is 4. The van der Waals surface area contributed by atoms with Crippen molar-refractivity contribution in [2.45, 2.75) is 20.5 Å². The van der Waals surface area contributed by atoms with Gasteiger partial charge in [0, 0.05) is 10.9 Å². The van der Waals surface area contributed by atoms with E-state index >= 15 is 0 Å². The van der Waals surface area contributed by atoms with Crippen LogP contribution in [-0.2, 0) is 0 Å². The van der Waals surface area contributed by atoms with E-state index < -0.39 is 12.5 Å². The van der Waals surface area contributed by atoms with Crippen LogP contribution in [0.1, 0.15) is 21.7 Å². The van der Waals surface area contributed by atoms with Gasteiger partial charge >= 0.3 is 6.61 Å². The summed E-state index contributed by atoms with van der Waals surface area (Å²) in [6.07, 6.45) is 0. The Morgan fingerprint density at radius 2 is 1.87 bits per heavy atom. The highest BCUT2D eigenvalue weighted by Gasteiger charge is 2.19. The molecular formula is C21H17F2N5O2S. The summed E-state index contributed by atoms with van der Waals surface area (Å²) in [5, 5.41) is 12.7. The summed E-state index contributed by atoms with van der Waals surface area (Å²) in [6.45, 7) is 0.787. The van der Waals surface area contributed by atoms with Crippen molar-refractivity contribution in [3.05, 3.63) is 70.9 Å². The molecule has 0 radical (unpaired) electrons. The largest absolute Gasteiger partial charge is 0.434 e. The van der Waals surface area contributed by atoms with Crippen LogP contribution in [0.15, 0.2) is 53.9 Å². The molecule has 7 nitrogen and oxygen atoms in total. The van der Waals surface area contributed by atoms with Crippen molar-refractivity contribution in [1.29, 1.82) is 0 Å². The lowest BCUT2D eigenvalue weighted by Crippen LogP contribution is -2.14. The maximum Gasteiger partial charge on any atom is 0.387 e. The molecule has 2 heterocycles. The van der Waals surface area contributed by atoms with E-state index in [9.17, 15) is 13.6 Å². The summed E-state index contributed by atoms with van der Waals surface area (Å²) in [5.74, 6) is -0.452. The quantitative estimate of drug-likeness (QED) is 0.462. The number of ether oxygens (including phenoxy) is 1. The Bertz CT molecular complexity index is 1220. The van der Waals surface area contributed by atoms with Crippen molar-refractivity contribution in [1.82, 2.24) is 20.0 Å². The minimum atomic E-state index is -2.95. The van der Waals surface area contributed by atoms with Crippen molar-refractivity contribution in [2.24, 2.45) is 0 Å². The number of alkyl halides is 2. The number of hydrogen-bond donors (Lipinski definition) is 1. The molecule has 0 fully saturated rings. The fraction of sp³-hybridized carbons (Fsp3) is 0.143. The zero-order valence-electron chi connectivity index (χ0n) is 16.5. The zero-order chi connectivity index (χ0) is 22.0. The average Bonchev–Trinajstić information content (AvgIpc) is 3.35. The van der Waals surface area contributed by atoms with E-state index in [1.165, 1.54) is 6.07 Å². The molecule has 0 aliphatic heterocycles. The summed E-state index contributed by atoms with van der Waals surface area (Å²) >= 11 is 1.16. The second-order valence-corrected chi connectivity index (χ2v) is 7.50. The third kappa shape index (κ3) is 4.43. The first-order valence-corrected chi connectivity index (χ1v) is 10.1. The standard InChI is InChI=1S/C21H17F2N5O2S/c1-12-7-9-14(10-8-12)28-13(2)18(26-27-28)19(29)25-21-24-16(11-31-21)15-5-3-4-6-17(15)30-20(22)23/h3-11,20H,1-2H3,(H,24,25,29). The van der Waals surface area contributed by atoms with Crippen molar-refractivity contribution in [3.8, 4) is 22.7 Å². The number of para-hydroxylation sites is 1. The van der Waals surface area contributed by atoms with E-state index in [1.807, 2.05) is 31.2 Å². The Morgan fingerprint density at radius 1 is 1.13 bits per heavy atom. The second kappa shape index (κ2) is 8.60. The predicted octanol–water partition coefficient (Wildman–Crippen LogP) is 4.86. The molecule has 0 bridgehead atoms. The molecule has 0 atom stereocenters. The Kier molecular flexibility index (Phi) is 5.72. The van der Waals surface area contributed by atoms with Gasteiger partial charge < -0.3 is 4.74 Å². The number of hydrogen-bond acceptors (Lipinski definition) is 6. The van der Waals surface area contributed by atoms with E-state index in [-0.39, 0.29) is 11.4 Å². The number of anilines is 1. The van der Waals surface area contributed by atoms with Crippen LogP contribution in [0, 0.1) is 13.8 Å². The van der Waals surface area contributed by atoms with Crippen LogP contribution >= 0.6 is 11.3 Å². The van der Waals surface area contributed by atoms with Crippen molar-refractivity contribution in [3.63, 3.8) is 0 Å². The summed E-state index contributed by atoms with van der Waals surface area (Å²) in [5.41, 5.74) is 3.46. The van der Waals surface area contributed by atoms with Crippen LogP contribution < -0.4 is 10.1 Å². The van der Waals surface area contributed by atoms with Gasteiger partial charge in [-0.25, -0.2) is 9.67 Å². The van der Waals surface area contributed by atoms with Crippen molar-refractivity contribution < 1.29 is 18.3 Å². The van der Waals surface area contributed by atoms with E-state index in [1.54, 1.807) is 35.2 Å². The molecule has 0 saturated heterocycles. The Hall–Kier alpha value is -3.66. The molecule has 0 saturated carbocycles. The molecule has 1 amide bonds. The minimum Gasteiger partial charge on any atom is -0.434 e. The van der Waals surface area contributed by atoms with Gasteiger partial charge in [-0.3, -0.25) is 10.1 Å². The molecule has 4 rings (SSSR count). The van der Waals surface area contributed by atoms with Crippen LogP contribution in [0.5, 0.6) is 5.75 Å². The van der Waals surface area contributed by atoms with Gasteiger partial charge in [-0.2, -0.15) is 8.78 Å². The molecule has 1 N–H and O–H groups in total. The first-order chi connectivity index (χ1) is 14.9. The van der Waals surface area contributed by atoms with Crippen molar-refractivity contribution in [2.75, 3.05) is 5.32 Å². The lowest BCUT2D eigenvalue weighted by Gasteiger charge is -2.08. The second-order valence-electron chi connectivity index (χ2n) is 6.64. The number of carbonyl (C=O) groups excluding carboxylic acids is 1. The smallest absolute Gasteiger partial charge is 0.387 e. The fourth-order valence-corrected chi connectivity index (χ4v) is 3.66. The Labute approximate surface area is 180 Å². The van der Waals surface area contributed by atoms with E-state index in [0.717, 1.165) is 22.6 Å². The summed E-state index contributed by atoms with van der Waals surface area (Å²) in [6, 6.07) is 14.0. The summed E-state index contributed by atoms with van der Waals surface area (Å²) in [4.78, 5) is 17.0. The molecule has 31 heavy (non-hydrogen) atoms. The number of carbonyl (C=O) groups is 1. The molecule has 0 spiro atoms. The van der Waals surface area contributed by atoms with Gasteiger partial charge in [0.05, 0.1) is 17.1 Å². The van der Waals surface area contributed by atoms with E-state index in [4.69, 9.17) is 0 Å². The number of amides is 1. The normalized spacial score (nSPS) is 11.0. The van der Waals surface area contributed by atoms with Gasteiger partial charge in [-0.15, -0.1) is 16.4 Å². The predicted molar refractivity (Wildman–Crippen MR) is 113 cm³/mol. The fourth-order valence-electron chi connectivity index (χ4n) is 2.96. The van der Waals surface area contributed by atoms with Crippen LogP contribution in [-0.4, -0.2) is 32.5 Å². The third-order valence-electron chi connectivity index (χ3n) is 4.49. The summed E-state index contributed by atoms with van der Waals surface area (Å²) < 4.78 is 31.4. The van der Waals surface area contributed by atoms with Gasteiger partial charge in [0.2, 0.25) is 0 Å². The average molecular weight is 441 g/mol. The molecule has 2 aromatic heterocycles. The molecule has 10 heteroatoms. The zero-order valence-corrected chi connectivity index (χ0v) is 17.4. The topological polar surface area (TPSA) is 81.9 Å². The molecular weight excluding hydrogens is 424 g/mol. The first-order valence-electron chi connectivity index (χ1n) is 9.23. The molecule has 0 aliphatic rings. The Balaban J connectivity index is 1.54. The number of nitrogens with one attached hydrogen (secondary N) is 1. The van der Waals surface area contributed by atoms with Crippen LogP contribution in [0.3, 0.4) is 0 Å². The number of benzene rings is 2. The third-order valence-corrected chi connectivity index (χ3v) is 5.25. The first kappa shape index (κ1) is 20.6. The van der Waals surface area contributed by atoms with Gasteiger partial charge in [-0.05, 0) is 38.1 Å².